The van der Waals surface area contributed by atoms with Crippen molar-refractivity contribution >= 4 is 0 Å². The average Bonchev–Trinajstić information content (AvgIpc) is 2.27. The number of unbranched alkanes of at least 4 members (excludes halogenated alkanes) is 2. The summed E-state index contributed by atoms with van der Waals surface area (Å²) < 4.78 is 0. The highest BCUT2D eigenvalue weighted by Crippen LogP contribution is 2.16. The van der Waals surface area contributed by atoms with Crippen LogP contribution in [0.1, 0.15) is 60.3 Å². The molecule has 0 rings (SSSR count). The minimum atomic E-state index is 0.357. The zero-order chi connectivity index (χ0) is 13.3. The Morgan fingerprint density at radius 3 is 2.29 bits per heavy atom. The molecule has 0 aliphatic heterocycles. The van der Waals surface area contributed by atoms with Gasteiger partial charge >= 0.3 is 0 Å². The van der Waals surface area contributed by atoms with Gasteiger partial charge in [-0.1, -0.05) is 27.2 Å². The molecule has 0 saturated carbocycles. The van der Waals surface area contributed by atoms with Crippen LogP contribution in [0.25, 0.3) is 0 Å². The van der Waals surface area contributed by atoms with Crippen LogP contribution in [0.4, 0.5) is 0 Å². The molecule has 0 unspecified atom stereocenters. The Kier molecular flexibility index (Phi) is 8.89. The van der Waals surface area contributed by atoms with Gasteiger partial charge in [-0.05, 0) is 65.7 Å². The summed E-state index contributed by atoms with van der Waals surface area (Å²) in [5, 5.41) is 3.50. The highest BCUT2D eigenvalue weighted by molar-refractivity contribution is 4.76. The third-order valence-corrected chi connectivity index (χ3v) is 3.80. The summed E-state index contributed by atoms with van der Waals surface area (Å²) in [5.74, 6) is 0.770. The second-order valence-corrected chi connectivity index (χ2v) is 6.25. The Morgan fingerprint density at radius 2 is 1.76 bits per heavy atom. The maximum absolute atomic E-state index is 3.50. The van der Waals surface area contributed by atoms with Crippen LogP contribution in [-0.2, 0) is 0 Å². The van der Waals surface area contributed by atoms with Crippen molar-refractivity contribution in [1.82, 2.24) is 10.2 Å². The largest absolute Gasteiger partial charge is 0.316 e. The predicted molar refractivity (Wildman–Crippen MR) is 78.6 cm³/mol. The van der Waals surface area contributed by atoms with Gasteiger partial charge in [-0.15, -0.1) is 0 Å². The number of nitrogens with one attached hydrogen (secondary N) is 1. The fourth-order valence-corrected chi connectivity index (χ4v) is 1.74. The molecule has 0 aliphatic rings. The Balaban J connectivity index is 3.40. The summed E-state index contributed by atoms with van der Waals surface area (Å²) in [6.07, 6.45) is 5.20. The molecule has 104 valence electrons. The zero-order valence-corrected chi connectivity index (χ0v) is 13.0. The lowest BCUT2D eigenvalue weighted by Gasteiger charge is -2.34. The van der Waals surface area contributed by atoms with Gasteiger partial charge in [-0.2, -0.15) is 0 Å². The van der Waals surface area contributed by atoms with E-state index in [1.165, 1.54) is 38.8 Å². The highest BCUT2D eigenvalue weighted by Gasteiger charge is 2.19. The van der Waals surface area contributed by atoms with Crippen LogP contribution in [0, 0.1) is 5.92 Å². The van der Waals surface area contributed by atoms with Crippen LogP contribution in [0.2, 0.25) is 0 Å². The average molecular weight is 242 g/mol. The quantitative estimate of drug-likeness (QED) is 0.590. The van der Waals surface area contributed by atoms with Crippen molar-refractivity contribution in [2.45, 2.75) is 65.8 Å². The van der Waals surface area contributed by atoms with E-state index in [9.17, 15) is 0 Å². The summed E-state index contributed by atoms with van der Waals surface area (Å²) in [7, 11) is 2.25. The molecule has 0 aromatic carbocycles. The molecular formula is C15H34N2. The predicted octanol–water partition coefficient (Wildman–Crippen LogP) is 3.52. The smallest absolute Gasteiger partial charge is 0.0147 e. The third-order valence-electron chi connectivity index (χ3n) is 3.80. The highest BCUT2D eigenvalue weighted by atomic mass is 15.2. The van der Waals surface area contributed by atoms with Gasteiger partial charge in [0.05, 0.1) is 0 Å². The lowest BCUT2D eigenvalue weighted by molar-refractivity contribution is 0.148. The number of hydrogen-bond donors (Lipinski definition) is 1. The van der Waals surface area contributed by atoms with Crippen LogP contribution < -0.4 is 5.32 Å². The normalized spacial score (nSPS) is 12.7. The van der Waals surface area contributed by atoms with E-state index < -0.39 is 0 Å². The van der Waals surface area contributed by atoms with Gasteiger partial charge < -0.3 is 10.2 Å². The SMILES string of the molecule is CCC(C)(C)N(C)CCCCCNCC(C)C. The van der Waals surface area contributed by atoms with E-state index in [-0.39, 0.29) is 0 Å². The molecule has 17 heavy (non-hydrogen) atoms. The monoisotopic (exact) mass is 242 g/mol. The number of rotatable bonds is 10. The van der Waals surface area contributed by atoms with E-state index in [0.717, 1.165) is 12.5 Å². The second-order valence-electron chi connectivity index (χ2n) is 6.25. The van der Waals surface area contributed by atoms with Gasteiger partial charge in [0.2, 0.25) is 0 Å². The molecule has 0 saturated heterocycles. The first-order valence-electron chi connectivity index (χ1n) is 7.32. The molecule has 1 N–H and O–H groups in total. The Labute approximate surface area is 109 Å². The summed E-state index contributed by atoms with van der Waals surface area (Å²) in [5.41, 5.74) is 0.357. The Hall–Kier alpha value is -0.0800. The van der Waals surface area contributed by atoms with Crippen LogP contribution in [-0.4, -0.2) is 37.1 Å². The van der Waals surface area contributed by atoms with Crippen molar-refractivity contribution in [3.8, 4) is 0 Å². The minimum Gasteiger partial charge on any atom is -0.316 e. The van der Waals surface area contributed by atoms with Crippen molar-refractivity contribution in [3.63, 3.8) is 0 Å². The first-order chi connectivity index (χ1) is 7.90. The van der Waals surface area contributed by atoms with E-state index in [0.29, 0.717) is 5.54 Å². The first-order valence-corrected chi connectivity index (χ1v) is 7.32. The lowest BCUT2D eigenvalue weighted by atomic mass is 9.99. The van der Waals surface area contributed by atoms with Crippen LogP contribution in [0.5, 0.6) is 0 Å². The van der Waals surface area contributed by atoms with Crippen molar-refractivity contribution in [2.75, 3.05) is 26.7 Å². The molecule has 0 atom stereocenters. The van der Waals surface area contributed by atoms with E-state index >= 15 is 0 Å². The van der Waals surface area contributed by atoms with Crippen LogP contribution >= 0.6 is 0 Å². The fraction of sp³-hybridized carbons (Fsp3) is 1.00. The topological polar surface area (TPSA) is 15.3 Å². The fourth-order valence-electron chi connectivity index (χ4n) is 1.74. The van der Waals surface area contributed by atoms with Gasteiger partial charge in [0.1, 0.15) is 0 Å². The van der Waals surface area contributed by atoms with Crippen LogP contribution in [0.15, 0.2) is 0 Å². The summed E-state index contributed by atoms with van der Waals surface area (Å²) in [4.78, 5) is 2.49. The summed E-state index contributed by atoms with van der Waals surface area (Å²) >= 11 is 0. The Morgan fingerprint density at radius 1 is 1.12 bits per heavy atom. The lowest BCUT2D eigenvalue weighted by Crippen LogP contribution is -2.40. The number of hydrogen-bond acceptors (Lipinski definition) is 2. The molecule has 0 fully saturated rings. The van der Waals surface area contributed by atoms with E-state index in [2.05, 4.69) is 51.9 Å². The Bertz CT molecular complexity index is 176. The van der Waals surface area contributed by atoms with E-state index in [1.54, 1.807) is 0 Å². The first kappa shape index (κ1) is 16.9. The van der Waals surface area contributed by atoms with Crippen molar-refractivity contribution < 1.29 is 0 Å². The molecule has 0 spiro atoms. The van der Waals surface area contributed by atoms with Gasteiger partial charge in [0.15, 0.2) is 0 Å². The van der Waals surface area contributed by atoms with Crippen molar-refractivity contribution in [1.29, 1.82) is 0 Å². The standard InChI is InChI=1S/C15H34N2/c1-7-15(4,5)17(6)12-10-8-9-11-16-13-14(2)3/h14,16H,7-13H2,1-6H3. The molecular weight excluding hydrogens is 208 g/mol. The van der Waals surface area contributed by atoms with Gasteiger partial charge in [0.25, 0.3) is 0 Å². The van der Waals surface area contributed by atoms with Gasteiger partial charge in [-0.3, -0.25) is 0 Å². The van der Waals surface area contributed by atoms with Gasteiger partial charge in [0, 0.05) is 5.54 Å². The number of nitrogens with zero attached hydrogens (tertiary/aromatic N) is 1. The van der Waals surface area contributed by atoms with Crippen molar-refractivity contribution in [2.24, 2.45) is 5.92 Å². The van der Waals surface area contributed by atoms with Gasteiger partial charge in [-0.25, -0.2) is 0 Å². The minimum absolute atomic E-state index is 0.357. The van der Waals surface area contributed by atoms with E-state index in [4.69, 9.17) is 0 Å². The van der Waals surface area contributed by atoms with Crippen molar-refractivity contribution in [3.05, 3.63) is 0 Å². The second kappa shape index (κ2) is 8.93. The molecule has 0 aliphatic carbocycles. The molecule has 0 bridgehead atoms. The summed E-state index contributed by atoms with van der Waals surface area (Å²) in [6, 6.07) is 0. The molecule has 0 aromatic heterocycles. The molecule has 2 heteroatoms. The maximum Gasteiger partial charge on any atom is 0.0147 e. The molecule has 0 heterocycles. The molecule has 0 amide bonds. The molecule has 0 radical (unpaired) electrons. The third kappa shape index (κ3) is 8.62. The summed E-state index contributed by atoms with van der Waals surface area (Å²) in [6.45, 7) is 15.0. The zero-order valence-electron chi connectivity index (χ0n) is 13.0. The van der Waals surface area contributed by atoms with Crippen LogP contribution in [0.3, 0.4) is 0 Å². The molecule has 2 nitrogen and oxygen atoms in total. The maximum atomic E-state index is 3.50. The molecule has 0 aromatic rings. The van der Waals surface area contributed by atoms with E-state index in [1.807, 2.05) is 0 Å².